The van der Waals surface area contributed by atoms with Crippen LogP contribution in [-0.4, -0.2) is 40.3 Å². The fourth-order valence-corrected chi connectivity index (χ4v) is 4.55. The van der Waals surface area contributed by atoms with Crippen molar-refractivity contribution in [2.45, 2.75) is 51.2 Å². The second-order valence-corrected chi connectivity index (χ2v) is 8.92. The van der Waals surface area contributed by atoms with Gasteiger partial charge in [-0.2, -0.15) is 0 Å². The molecule has 6 nitrogen and oxygen atoms in total. The summed E-state index contributed by atoms with van der Waals surface area (Å²) in [4.78, 5) is 31.4. The number of hydrogen-bond donors (Lipinski definition) is 1. The Hall–Kier alpha value is -2.87. The fraction of sp³-hybridized carbons (Fsp3) is 0.400. The van der Waals surface area contributed by atoms with Gasteiger partial charge in [-0.3, -0.25) is 14.5 Å². The van der Waals surface area contributed by atoms with Crippen molar-refractivity contribution in [3.05, 3.63) is 54.3 Å². The number of carbonyl (C=O) groups is 2. The zero-order valence-corrected chi connectivity index (χ0v) is 19.9. The fourth-order valence-electron chi connectivity index (χ4n) is 3.38. The second-order valence-electron chi connectivity index (χ2n) is 7.75. The molecule has 2 aromatic rings. The highest BCUT2D eigenvalue weighted by Gasteiger charge is 2.35. The van der Waals surface area contributed by atoms with Crippen LogP contribution in [-0.2, 0) is 9.59 Å². The summed E-state index contributed by atoms with van der Waals surface area (Å²) in [5, 5.41) is 2.64. The lowest BCUT2D eigenvalue weighted by molar-refractivity contribution is -0.129. The van der Waals surface area contributed by atoms with Crippen LogP contribution in [0.15, 0.2) is 53.5 Å². The summed E-state index contributed by atoms with van der Waals surface area (Å²) in [5.41, 5.74) is 1.03. The summed E-state index contributed by atoms with van der Waals surface area (Å²) in [5.74, 6) is -0.104. The van der Waals surface area contributed by atoms with Crippen LogP contribution in [0.3, 0.4) is 0 Å². The standard InChI is InChI=1S/C25H30FN3O3S/c1-3-5-6-7-15-32-21-13-11-19(12-14-21)27-24(31)22-17-23(30)29(4-2)25(33-22)28-20-10-8-9-18(26)16-20/h8-14,16,22H,3-7,15,17H2,1-2H3,(H,27,31)/t22-/m0/s1. The highest BCUT2D eigenvalue weighted by atomic mass is 32.2. The molecule has 0 radical (unpaired) electrons. The molecular weight excluding hydrogens is 441 g/mol. The predicted octanol–water partition coefficient (Wildman–Crippen LogP) is 5.77. The first-order valence-corrected chi connectivity index (χ1v) is 12.2. The molecule has 1 aliphatic rings. The lowest BCUT2D eigenvalue weighted by Crippen LogP contribution is -2.45. The molecule has 1 atom stereocenters. The molecule has 0 bridgehead atoms. The third-order valence-electron chi connectivity index (χ3n) is 5.17. The van der Waals surface area contributed by atoms with E-state index in [0.717, 1.165) is 18.6 Å². The van der Waals surface area contributed by atoms with Crippen LogP contribution in [0.5, 0.6) is 5.75 Å². The summed E-state index contributed by atoms with van der Waals surface area (Å²) in [6.45, 7) is 5.11. The van der Waals surface area contributed by atoms with Gasteiger partial charge in [0.05, 0.1) is 12.3 Å². The molecule has 33 heavy (non-hydrogen) atoms. The van der Waals surface area contributed by atoms with Gasteiger partial charge in [-0.1, -0.05) is 44.0 Å². The number of benzene rings is 2. The molecule has 3 rings (SSSR count). The molecule has 0 aromatic heterocycles. The molecule has 1 N–H and O–H groups in total. The van der Waals surface area contributed by atoms with Crippen LogP contribution in [0.1, 0.15) is 46.0 Å². The van der Waals surface area contributed by atoms with E-state index in [9.17, 15) is 14.0 Å². The second kappa shape index (κ2) is 12.4. The van der Waals surface area contributed by atoms with Crippen LogP contribution < -0.4 is 10.1 Å². The van der Waals surface area contributed by atoms with E-state index < -0.39 is 11.1 Å². The Labute approximate surface area is 198 Å². The van der Waals surface area contributed by atoms with E-state index in [1.165, 1.54) is 41.6 Å². The number of nitrogens with zero attached hydrogens (tertiary/aromatic N) is 2. The van der Waals surface area contributed by atoms with E-state index in [0.29, 0.717) is 29.7 Å². The zero-order valence-electron chi connectivity index (χ0n) is 19.1. The van der Waals surface area contributed by atoms with Gasteiger partial charge in [0.15, 0.2) is 5.17 Å². The van der Waals surface area contributed by atoms with Gasteiger partial charge in [0, 0.05) is 18.7 Å². The monoisotopic (exact) mass is 471 g/mol. The van der Waals surface area contributed by atoms with E-state index in [-0.39, 0.29) is 18.2 Å². The average Bonchev–Trinajstić information content (AvgIpc) is 2.80. The van der Waals surface area contributed by atoms with Crippen molar-refractivity contribution in [3.63, 3.8) is 0 Å². The van der Waals surface area contributed by atoms with Gasteiger partial charge in [0.1, 0.15) is 16.8 Å². The van der Waals surface area contributed by atoms with E-state index in [4.69, 9.17) is 4.74 Å². The lowest BCUT2D eigenvalue weighted by Gasteiger charge is -2.30. The van der Waals surface area contributed by atoms with E-state index >= 15 is 0 Å². The summed E-state index contributed by atoms with van der Waals surface area (Å²) in [6, 6.07) is 13.1. The molecule has 0 unspecified atom stereocenters. The van der Waals surface area contributed by atoms with E-state index in [1.54, 1.807) is 24.3 Å². The molecule has 1 aliphatic heterocycles. The number of unbranched alkanes of at least 4 members (excludes halogenated alkanes) is 3. The Morgan fingerprint density at radius 2 is 1.97 bits per heavy atom. The summed E-state index contributed by atoms with van der Waals surface area (Å²) >= 11 is 1.21. The number of carbonyl (C=O) groups excluding carboxylic acids is 2. The molecular formula is C25H30FN3O3S. The number of aliphatic imine (C=N–C) groups is 1. The number of rotatable bonds is 10. The van der Waals surface area contributed by atoms with Crippen molar-refractivity contribution < 1.29 is 18.7 Å². The predicted molar refractivity (Wildman–Crippen MR) is 132 cm³/mol. The highest BCUT2D eigenvalue weighted by Crippen LogP contribution is 2.30. The van der Waals surface area contributed by atoms with E-state index in [1.807, 2.05) is 19.1 Å². The number of thioether (sulfide) groups is 1. The van der Waals surface area contributed by atoms with Crippen LogP contribution >= 0.6 is 11.8 Å². The third kappa shape index (κ3) is 7.32. The van der Waals surface area contributed by atoms with Gasteiger partial charge in [-0.15, -0.1) is 0 Å². The Bertz CT molecular complexity index is 981. The van der Waals surface area contributed by atoms with Gasteiger partial charge in [0.2, 0.25) is 11.8 Å². The van der Waals surface area contributed by atoms with Crippen molar-refractivity contribution in [2.75, 3.05) is 18.5 Å². The van der Waals surface area contributed by atoms with Crippen molar-refractivity contribution >= 4 is 40.1 Å². The maximum absolute atomic E-state index is 13.5. The number of halogens is 1. The van der Waals surface area contributed by atoms with Crippen LogP contribution in [0.25, 0.3) is 0 Å². The Kier molecular flexibility index (Phi) is 9.30. The average molecular weight is 472 g/mol. The summed E-state index contributed by atoms with van der Waals surface area (Å²) in [6.07, 6.45) is 4.65. The molecule has 0 saturated carbocycles. The highest BCUT2D eigenvalue weighted by molar-refractivity contribution is 8.15. The minimum absolute atomic E-state index is 0.0749. The largest absolute Gasteiger partial charge is 0.494 e. The molecule has 2 aromatic carbocycles. The van der Waals surface area contributed by atoms with Crippen molar-refractivity contribution in [1.29, 1.82) is 0 Å². The minimum atomic E-state index is -0.623. The van der Waals surface area contributed by atoms with Gasteiger partial charge in [-0.25, -0.2) is 9.38 Å². The minimum Gasteiger partial charge on any atom is -0.494 e. The molecule has 0 aliphatic carbocycles. The normalized spacial score (nSPS) is 17.3. The zero-order chi connectivity index (χ0) is 23.6. The first-order valence-electron chi connectivity index (χ1n) is 11.3. The molecule has 176 valence electrons. The van der Waals surface area contributed by atoms with Crippen LogP contribution in [0.4, 0.5) is 15.8 Å². The molecule has 1 heterocycles. The number of ether oxygens (including phenoxy) is 1. The van der Waals surface area contributed by atoms with Crippen LogP contribution in [0, 0.1) is 5.82 Å². The first kappa shape index (κ1) is 24.8. The van der Waals surface area contributed by atoms with Gasteiger partial charge < -0.3 is 10.1 Å². The summed E-state index contributed by atoms with van der Waals surface area (Å²) in [7, 11) is 0. The topological polar surface area (TPSA) is 71.0 Å². The Morgan fingerprint density at radius 1 is 1.18 bits per heavy atom. The number of amidine groups is 1. The maximum atomic E-state index is 13.5. The molecule has 8 heteroatoms. The maximum Gasteiger partial charge on any atom is 0.238 e. The number of nitrogens with one attached hydrogen (secondary N) is 1. The lowest BCUT2D eigenvalue weighted by atomic mass is 10.2. The van der Waals surface area contributed by atoms with Crippen molar-refractivity contribution in [2.24, 2.45) is 4.99 Å². The third-order valence-corrected chi connectivity index (χ3v) is 6.36. The Morgan fingerprint density at radius 3 is 2.67 bits per heavy atom. The summed E-state index contributed by atoms with van der Waals surface area (Å²) < 4.78 is 19.3. The van der Waals surface area contributed by atoms with Gasteiger partial charge in [-0.05, 0) is 55.8 Å². The van der Waals surface area contributed by atoms with Gasteiger partial charge in [0.25, 0.3) is 0 Å². The number of hydrogen-bond acceptors (Lipinski definition) is 5. The molecule has 1 fully saturated rings. The smallest absolute Gasteiger partial charge is 0.238 e. The SMILES string of the molecule is CCCCCCOc1ccc(NC(=O)[C@@H]2CC(=O)N(CC)C(=Nc3cccc(F)c3)S2)cc1. The Balaban J connectivity index is 1.61. The van der Waals surface area contributed by atoms with Gasteiger partial charge >= 0.3 is 0 Å². The van der Waals surface area contributed by atoms with E-state index in [2.05, 4.69) is 17.2 Å². The quantitative estimate of drug-likeness (QED) is 0.447. The first-order chi connectivity index (χ1) is 16.0. The molecule has 1 saturated heterocycles. The number of amides is 2. The van der Waals surface area contributed by atoms with Crippen molar-refractivity contribution in [1.82, 2.24) is 4.90 Å². The molecule has 0 spiro atoms. The number of anilines is 1. The molecule has 2 amide bonds. The van der Waals surface area contributed by atoms with Crippen molar-refractivity contribution in [3.8, 4) is 5.75 Å². The van der Waals surface area contributed by atoms with Crippen LogP contribution in [0.2, 0.25) is 0 Å².